The van der Waals surface area contributed by atoms with E-state index in [0.717, 1.165) is 31.6 Å². The number of nitrogens with one attached hydrogen (secondary N) is 1. The van der Waals surface area contributed by atoms with Gasteiger partial charge in [-0.1, -0.05) is 5.21 Å². The molecule has 138 valence electrons. The first kappa shape index (κ1) is 17.0. The van der Waals surface area contributed by atoms with E-state index in [1.807, 2.05) is 18.5 Å². The molecule has 0 bridgehead atoms. The van der Waals surface area contributed by atoms with E-state index < -0.39 is 5.82 Å². The van der Waals surface area contributed by atoms with Crippen molar-refractivity contribution in [3.63, 3.8) is 0 Å². The lowest BCUT2D eigenvalue weighted by molar-refractivity contribution is 0.0955. The molecule has 1 atom stereocenters. The van der Waals surface area contributed by atoms with Crippen molar-refractivity contribution in [1.82, 2.24) is 20.3 Å². The molecule has 1 N–H and O–H groups in total. The summed E-state index contributed by atoms with van der Waals surface area (Å²) in [6.07, 6.45) is 1.70. The summed E-state index contributed by atoms with van der Waals surface area (Å²) < 4.78 is 21.1. The number of aromatic nitrogens is 3. The third-order valence-electron chi connectivity index (χ3n) is 5.01. The highest BCUT2D eigenvalue weighted by Crippen LogP contribution is 2.35. The zero-order valence-electron chi connectivity index (χ0n) is 14.9. The number of hydrogen-bond acceptors (Lipinski definition) is 5. The third kappa shape index (κ3) is 2.94. The minimum Gasteiger partial charge on any atom is -0.487 e. The highest BCUT2D eigenvalue weighted by molar-refractivity contribution is 6.06. The second-order valence-electron chi connectivity index (χ2n) is 6.91. The fourth-order valence-corrected chi connectivity index (χ4v) is 3.67. The molecular formula is C18H22FN5O2. The summed E-state index contributed by atoms with van der Waals surface area (Å²) in [6.45, 7) is 6.00. The summed E-state index contributed by atoms with van der Waals surface area (Å²) in [4.78, 5) is 14.8. The van der Waals surface area contributed by atoms with Gasteiger partial charge < -0.3 is 10.1 Å². The smallest absolute Gasteiger partial charge is 0.280 e. The molecule has 26 heavy (non-hydrogen) atoms. The lowest BCUT2D eigenvalue weighted by Gasteiger charge is -2.33. The Balaban J connectivity index is 1.65. The van der Waals surface area contributed by atoms with Crippen LogP contribution in [0.4, 0.5) is 10.1 Å². The normalized spacial score (nSPS) is 20.6. The highest BCUT2D eigenvalue weighted by atomic mass is 19.1. The van der Waals surface area contributed by atoms with Crippen LogP contribution in [0, 0.1) is 12.7 Å². The molecule has 0 aliphatic carbocycles. The first-order valence-corrected chi connectivity index (χ1v) is 8.95. The van der Waals surface area contributed by atoms with Crippen LogP contribution >= 0.6 is 0 Å². The maximum Gasteiger partial charge on any atom is 0.280 e. The van der Waals surface area contributed by atoms with Crippen LogP contribution in [0.1, 0.15) is 42.0 Å². The molecule has 3 heterocycles. The predicted octanol–water partition coefficient (Wildman–Crippen LogP) is 2.08. The van der Waals surface area contributed by atoms with Crippen molar-refractivity contribution < 1.29 is 13.9 Å². The fraction of sp³-hybridized carbons (Fsp3) is 0.500. The predicted molar refractivity (Wildman–Crippen MR) is 94.1 cm³/mol. The number of piperidine rings is 1. The Morgan fingerprint density at radius 3 is 2.88 bits per heavy atom. The second-order valence-corrected chi connectivity index (χ2v) is 6.91. The number of rotatable bonds is 2. The van der Waals surface area contributed by atoms with Crippen LogP contribution in [0.15, 0.2) is 18.2 Å². The summed E-state index contributed by atoms with van der Waals surface area (Å²) in [5, 5.41) is 11.7. The van der Waals surface area contributed by atoms with Crippen LogP contribution < -0.4 is 15.0 Å². The van der Waals surface area contributed by atoms with E-state index in [1.54, 1.807) is 11.0 Å². The molecule has 0 radical (unpaired) electrons. The monoisotopic (exact) mass is 359 g/mol. The number of carbonyl (C=O) groups is 1. The van der Waals surface area contributed by atoms with Gasteiger partial charge in [-0.15, -0.1) is 5.10 Å². The molecule has 1 unspecified atom stereocenters. The molecule has 1 fully saturated rings. The summed E-state index contributed by atoms with van der Waals surface area (Å²) >= 11 is 0. The summed E-state index contributed by atoms with van der Waals surface area (Å²) in [5.41, 5.74) is 1.67. The molecular weight excluding hydrogens is 337 g/mol. The van der Waals surface area contributed by atoms with Crippen LogP contribution in [0.3, 0.4) is 0 Å². The van der Waals surface area contributed by atoms with Crippen LogP contribution in [-0.4, -0.2) is 46.6 Å². The zero-order chi connectivity index (χ0) is 18.3. The van der Waals surface area contributed by atoms with E-state index in [0.29, 0.717) is 23.7 Å². The molecule has 0 saturated carbocycles. The third-order valence-corrected chi connectivity index (χ3v) is 5.01. The second kappa shape index (κ2) is 6.68. The van der Waals surface area contributed by atoms with E-state index in [9.17, 15) is 9.18 Å². The molecule has 4 rings (SSSR count). The van der Waals surface area contributed by atoms with E-state index in [-0.39, 0.29) is 18.1 Å². The Hall–Kier alpha value is -2.48. The summed E-state index contributed by atoms with van der Waals surface area (Å²) in [5.74, 6) is -0.246. The Kier molecular flexibility index (Phi) is 4.36. The average Bonchev–Trinajstić information content (AvgIpc) is 3.02. The lowest BCUT2D eigenvalue weighted by atomic mass is 10.1. The van der Waals surface area contributed by atoms with Crippen molar-refractivity contribution in [2.45, 2.75) is 38.8 Å². The number of fused-ring (bicyclic) bond motifs is 1. The Bertz CT molecular complexity index is 831. The van der Waals surface area contributed by atoms with Crippen molar-refractivity contribution >= 4 is 11.6 Å². The number of benzene rings is 1. The van der Waals surface area contributed by atoms with Gasteiger partial charge in [0.25, 0.3) is 5.91 Å². The molecule has 1 aromatic heterocycles. The molecule has 8 heteroatoms. The van der Waals surface area contributed by atoms with E-state index in [4.69, 9.17) is 4.74 Å². The number of nitrogens with zero attached hydrogens (tertiary/aromatic N) is 4. The van der Waals surface area contributed by atoms with Crippen molar-refractivity contribution in [3.8, 4) is 5.75 Å². The van der Waals surface area contributed by atoms with Crippen LogP contribution in [0.25, 0.3) is 0 Å². The quantitative estimate of drug-likeness (QED) is 0.889. The molecule has 7 nitrogen and oxygen atoms in total. The van der Waals surface area contributed by atoms with Crippen molar-refractivity contribution in [2.24, 2.45) is 0 Å². The average molecular weight is 359 g/mol. The van der Waals surface area contributed by atoms with Crippen molar-refractivity contribution in [3.05, 3.63) is 35.4 Å². The van der Waals surface area contributed by atoms with E-state index in [1.165, 1.54) is 12.1 Å². The zero-order valence-corrected chi connectivity index (χ0v) is 14.9. The molecule has 2 aliphatic rings. The molecule has 2 aliphatic heterocycles. The van der Waals surface area contributed by atoms with Crippen LogP contribution in [0.5, 0.6) is 5.75 Å². The Labute approximate surface area is 151 Å². The molecule has 1 saturated heterocycles. The maximum absolute atomic E-state index is 13.5. The molecule has 1 aromatic carbocycles. The number of hydrogen-bond donors (Lipinski definition) is 1. The van der Waals surface area contributed by atoms with Crippen molar-refractivity contribution in [1.29, 1.82) is 0 Å². The summed E-state index contributed by atoms with van der Waals surface area (Å²) in [7, 11) is 0. The minimum absolute atomic E-state index is 0.229. The SMILES string of the molecule is Cc1c(C(=O)N2CC(C)Oc3cc(F)ccc32)nnn1C1CCNCC1. The Morgan fingerprint density at radius 1 is 1.35 bits per heavy atom. The maximum atomic E-state index is 13.5. The van der Waals surface area contributed by atoms with Gasteiger partial charge in [-0.05, 0) is 51.9 Å². The molecule has 0 spiro atoms. The van der Waals surface area contributed by atoms with E-state index >= 15 is 0 Å². The number of halogens is 1. The van der Waals surface area contributed by atoms with Crippen LogP contribution in [0.2, 0.25) is 0 Å². The topological polar surface area (TPSA) is 72.3 Å². The lowest BCUT2D eigenvalue weighted by Crippen LogP contribution is -2.42. The highest BCUT2D eigenvalue weighted by Gasteiger charge is 2.32. The van der Waals surface area contributed by atoms with Gasteiger partial charge in [-0.25, -0.2) is 9.07 Å². The summed E-state index contributed by atoms with van der Waals surface area (Å²) in [6, 6.07) is 4.47. The van der Waals surface area contributed by atoms with Gasteiger partial charge in [0.15, 0.2) is 5.69 Å². The van der Waals surface area contributed by atoms with Gasteiger partial charge in [0, 0.05) is 6.07 Å². The van der Waals surface area contributed by atoms with Gasteiger partial charge >= 0.3 is 0 Å². The fourth-order valence-electron chi connectivity index (χ4n) is 3.67. The van der Waals surface area contributed by atoms with Gasteiger partial charge in [0.1, 0.15) is 17.7 Å². The van der Waals surface area contributed by atoms with Gasteiger partial charge in [0.05, 0.1) is 24.0 Å². The Morgan fingerprint density at radius 2 is 2.12 bits per heavy atom. The molecule has 2 aromatic rings. The van der Waals surface area contributed by atoms with Gasteiger partial charge in [0.2, 0.25) is 0 Å². The first-order valence-electron chi connectivity index (χ1n) is 8.95. The van der Waals surface area contributed by atoms with Gasteiger partial charge in [-0.2, -0.15) is 0 Å². The van der Waals surface area contributed by atoms with Crippen LogP contribution in [-0.2, 0) is 0 Å². The molecule has 1 amide bonds. The van der Waals surface area contributed by atoms with E-state index in [2.05, 4.69) is 15.6 Å². The number of carbonyl (C=O) groups excluding carboxylic acids is 1. The standard InChI is InChI=1S/C18H22FN5O2/c1-11-10-23(15-4-3-13(19)9-16(15)26-11)18(25)17-12(2)24(22-21-17)14-5-7-20-8-6-14/h3-4,9,11,14,20H,5-8,10H2,1-2H3. The number of anilines is 1. The largest absolute Gasteiger partial charge is 0.487 e. The minimum atomic E-state index is -0.390. The van der Waals surface area contributed by atoms with Crippen molar-refractivity contribution in [2.75, 3.05) is 24.5 Å². The number of ether oxygens (including phenoxy) is 1. The first-order chi connectivity index (χ1) is 12.5. The number of amides is 1. The van der Waals surface area contributed by atoms with Gasteiger partial charge in [-0.3, -0.25) is 9.69 Å².